The van der Waals surface area contributed by atoms with E-state index in [-0.39, 0.29) is 27.6 Å². The number of hydrogen-bond donors (Lipinski definition) is 1. The number of nitrogens with zero attached hydrogens (tertiary/aromatic N) is 3. The Morgan fingerprint density at radius 1 is 1.03 bits per heavy atom. The zero-order valence-electron chi connectivity index (χ0n) is 17.6. The number of hydrogen-bond acceptors (Lipinski definition) is 5. The van der Waals surface area contributed by atoms with Crippen LogP contribution in [0.25, 0.3) is 16.9 Å². The first-order valence-corrected chi connectivity index (χ1v) is 10.3. The molecular formula is C22H15Cl2F3N4O3. The zero-order chi connectivity index (χ0) is 24.6. The van der Waals surface area contributed by atoms with Gasteiger partial charge < -0.3 is 14.8 Å². The number of halogens is 5. The van der Waals surface area contributed by atoms with Crippen LogP contribution in [0.4, 0.5) is 18.9 Å². The molecule has 2 heterocycles. The highest BCUT2D eigenvalue weighted by molar-refractivity contribution is 6.36. The minimum Gasteiger partial charge on any atom is -0.493 e. The second-order valence-electron chi connectivity index (χ2n) is 6.97. The minimum atomic E-state index is -4.77. The number of carbonyl (C=O) groups is 1. The van der Waals surface area contributed by atoms with Gasteiger partial charge in [-0.1, -0.05) is 23.2 Å². The van der Waals surface area contributed by atoms with Crippen LogP contribution >= 0.6 is 23.2 Å². The van der Waals surface area contributed by atoms with Gasteiger partial charge in [0.2, 0.25) is 0 Å². The highest BCUT2D eigenvalue weighted by Gasteiger charge is 2.36. The lowest BCUT2D eigenvalue weighted by Gasteiger charge is -2.13. The normalized spacial score (nSPS) is 11.5. The van der Waals surface area contributed by atoms with E-state index in [2.05, 4.69) is 15.4 Å². The number of alkyl halides is 3. The molecule has 2 aromatic carbocycles. The second-order valence-corrected chi connectivity index (χ2v) is 7.81. The van der Waals surface area contributed by atoms with Gasteiger partial charge in [0.05, 0.1) is 36.8 Å². The number of methoxy groups -OCH3 is 2. The average Bonchev–Trinajstić information content (AvgIpc) is 3.23. The first kappa shape index (κ1) is 23.7. The molecule has 0 unspecified atom stereocenters. The molecule has 0 radical (unpaired) electrons. The fourth-order valence-electron chi connectivity index (χ4n) is 3.25. The third kappa shape index (κ3) is 4.46. The smallest absolute Gasteiger partial charge is 0.433 e. The summed E-state index contributed by atoms with van der Waals surface area (Å²) in [6.45, 7) is 0. The van der Waals surface area contributed by atoms with Crippen molar-refractivity contribution >= 4 is 40.4 Å². The summed E-state index contributed by atoms with van der Waals surface area (Å²) in [5.41, 5.74) is -1.08. The number of ether oxygens (including phenoxy) is 2. The Morgan fingerprint density at radius 3 is 2.41 bits per heavy atom. The van der Waals surface area contributed by atoms with Gasteiger partial charge in [0.15, 0.2) is 22.8 Å². The molecule has 0 aliphatic carbocycles. The Morgan fingerprint density at radius 2 is 1.76 bits per heavy atom. The molecule has 0 fully saturated rings. The van der Waals surface area contributed by atoms with Crippen LogP contribution < -0.4 is 14.8 Å². The fourth-order valence-corrected chi connectivity index (χ4v) is 3.70. The van der Waals surface area contributed by atoms with E-state index in [0.717, 1.165) is 12.3 Å². The number of aromatic nitrogens is 3. The largest absolute Gasteiger partial charge is 0.493 e. The highest BCUT2D eigenvalue weighted by Crippen LogP contribution is 2.36. The predicted octanol–water partition coefficient (Wildman–Crippen LogP) is 5.99. The SMILES string of the molecule is COc1ccc(-c2cc(C(F)(F)F)n3ncc(C(=O)Nc4ccc(Cl)cc4Cl)c3n2)cc1OC. The molecule has 4 rings (SSSR count). The third-order valence-corrected chi connectivity index (χ3v) is 5.41. The fraction of sp³-hybridized carbons (Fsp3) is 0.136. The van der Waals surface area contributed by atoms with Crippen LogP contribution in [0.2, 0.25) is 10.0 Å². The zero-order valence-corrected chi connectivity index (χ0v) is 19.1. The van der Waals surface area contributed by atoms with Crippen LogP contribution in [0.1, 0.15) is 16.1 Å². The van der Waals surface area contributed by atoms with Gasteiger partial charge in [-0.25, -0.2) is 9.50 Å². The van der Waals surface area contributed by atoms with Gasteiger partial charge in [0.1, 0.15) is 5.56 Å². The topological polar surface area (TPSA) is 77.8 Å². The van der Waals surface area contributed by atoms with E-state index in [1.54, 1.807) is 6.07 Å². The van der Waals surface area contributed by atoms with Crippen molar-refractivity contribution in [2.45, 2.75) is 6.18 Å². The lowest BCUT2D eigenvalue weighted by molar-refractivity contribution is -0.142. The Kier molecular flexibility index (Phi) is 6.28. The quantitative estimate of drug-likeness (QED) is 0.356. The summed E-state index contributed by atoms with van der Waals surface area (Å²) >= 11 is 12.0. The highest BCUT2D eigenvalue weighted by atomic mass is 35.5. The molecule has 34 heavy (non-hydrogen) atoms. The average molecular weight is 511 g/mol. The molecule has 0 atom stereocenters. The summed E-state index contributed by atoms with van der Waals surface area (Å²) < 4.78 is 52.6. The van der Waals surface area contributed by atoms with Crippen LogP contribution in [0.5, 0.6) is 11.5 Å². The number of nitrogens with one attached hydrogen (secondary N) is 1. The maximum absolute atomic E-state index is 13.9. The van der Waals surface area contributed by atoms with Crippen LogP contribution in [-0.4, -0.2) is 34.7 Å². The van der Waals surface area contributed by atoms with Crippen LogP contribution in [0.15, 0.2) is 48.7 Å². The molecule has 1 amide bonds. The number of benzene rings is 2. The molecule has 0 saturated carbocycles. The van der Waals surface area contributed by atoms with Gasteiger partial charge in [-0.2, -0.15) is 18.3 Å². The van der Waals surface area contributed by atoms with Gasteiger partial charge >= 0.3 is 6.18 Å². The summed E-state index contributed by atoms with van der Waals surface area (Å²) in [5.74, 6) is -0.0453. The van der Waals surface area contributed by atoms with Crippen molar-refractivity contribution in [2.24, 2.45) is 0 Å². The summed E-state index contributed by atoms with van der Waals surface area (Å²) in [4.78, 5) is 17.2. The predicted molar refractivity (Wildman–Crippen MR) is 121 cm³/mol. The maximum atomic E-state index is 13.9. The molecule has 7 nitrogen and oxygen atoms in total. The van der Waals surface area contributed by atoms with Gasteiger partial charge in [0.25, 0.3) is 5.91 Å². The lowest BCUT2D eigenvalue weighted by Crippen LogP contribution is -2.16. The van der Waals surface area contributed by atoms with Crippen LogP contribution in [-0.2, 0) is 6.18 Å². The van der Waals surface area contributed by atoms with Gasteiger partial charge in [-0.15, -0.1) is 0 Å². The van der Waals surface area contributed by atoms with E-state index in [1.165, 1.54) is 44.6 Å². The molecule has 4 aromatic rings. The Hall–Kier alpha value is -3.50. The van der Waals surface area contributed by atoms with Crippen LogP contribution in [0, 0.1) is 0 Å². The van der Waals surface area contributed by atoms with Gasteiger partial charge in [-0.05, 0) is 42.5 Å². The van der Waals surface area contributed by atoms with Crippen molar-refractivity contribution in [1.82, 2.24) is 14.6 Å². The Labute approximate surface area is 201 Å². The van der Waals surface area contributed by atoms with Gasteiger partial charge in [-0.3, -0.25) is 4.79 Å². The summed E-state index contributed by atoms with van der Waals surface area (Å²) in [6.07, 6.45) is -3.76. The lowest BCUT2D eigenvalue weighted by atomic mass is 10.1. The van der Waals surface area contributed by atoms with Crippen molar-refractivity contribution in [3.63, 3.8) is 0 Å². The van der Waals surface area contributed by atoms with E-state index in [9.17, 15) is 18.0 Å². The standard InChI is InChI=1S/C22H15Cl2F3N4O3/c1-33-17-6-3-11(7-18(17)34-2)16-9-19(22(25,26)27)31-20(29-16)13(10-28-31)21(32)30-15-5-4-12(23)8-14(15)24/h3-10H,1-2H3,(H,30,32). The maximum Gasteiger partial charge on any atom is 0.433 e. The molecule has 1 N–H and O–H groups in total. The molecule has 0 saturated heterocycles. The molecule has 0 aliphatic rings. The molecule has 2 aromatic heterocycles. The van der Waals surface area contributed by atoms with Crippen LogP contribution in [0.3, 0.4) is 0 Å². The first-order chi connectivity index (χ1) is 16.1. The van der Waals surface area contributed by atoms with E-state index >= 15 is 0 Å². The van der Waals surface area contributed by atoms with E-state index in [0.29, 0.717) is 26.6 Å². The van der Waals surface area contributed by atoms with Crippen molar-refractivity contribution in [3.8, 4) is 22.8 Å². The number of rotatable bonds is 5. The molecule has 0 bridgehead atoms. The molecule has 0 spiro atoms. The van der Waals surface area contributed by atoms with E-state index in [1.807, 2.05) is 0 Å². The van der Waals surface area contributed by atoms with E-state index < -0.39 is 17.8 Å². The number of amides is 1. The Bertz CT molecular complexity index is 1410. The first-order valence-electron chi connectivity index (χ1n) is 9.57. The summed E-state index contributed by atoms with van der Waals surface area (Å²) in [7, 11) is 2.84. The minimum absolute atomic E-state index is 0.0418. The van der Waals surface area contributed by atoms with Crippen molar-refractivity contribution in [1.29, 1.82) is 0 Å². The van der Waals surface area contributed by atoms with Crippen molar-refractivity contribution < 1.29 is 27.4 Å². The van der Waals surface area contributed by atoms with E-state index in [4.69, 9.17) is 32.7 Å². The number of carbonyl (C=O) groups excluding carboxylic acids is 1. The van der Waals surface area contributed by atoms with Crippen molar-refractivity contribution in [3.05, 3.63) is 70.0 Å². The molecule has 0 aliphatic heterocycles. The number of fused-ring (bicyclic) bond motifs is 1. The summed E-state index contributed by atoms with van der Waals surface area (Å²) in [6, 6.07) is 9.81. The molecule has 176 valence electrons. The molecule has 12 heteroatoms. The third-order valence-electron chi connectivity index (χ3n) is 4.87. The monoisotopic (exact) mass is 510 g/mol. The van der Waals surface area contributed by atoms with Crippen molar-refractivity contribution in [2.75, 3.05) is 19.5 Å². The summed E-state index contributed by atoms with van der Waals surface area (Å²) in [5, 5.41) is 6.81. The number of anilines is 1. The second kappa shape index (κ2) is 9.03. The Balaban J connectivity index is 1.85. The van der Waals surface area contributed by atoms with Gasteiger partial charge in [0, 0.05) is 10.6 Å². The molecular weight excluding hydrogens is 496 g/mol.